The SMILES string of the molecule is CCc1ccc(CN2CCCC3(CCN(C(=O)c4ccc(F)cc4)C3)C2)nc1. The predicted octanol–water partition coefficient (Wildman–Crippen LogP) is 3.91. The third kappa shape index (κ3) is 4.09. The van der Waals surface area contributed by atoms with Crippen molar-refractivity contribution in [3.05, 3.63) is 65.2 Å². The maximum absolute atomic E-state index is 13.1. The molecular weight excluding hydrogens is 353 g/mol. The second-order valence-corrected chi connectivity index (χ2v) is 8.31. The van der Waals surface area contributed by atoms with Crippen LogP contribution in [0.3, 0.4) is 0 Å². The highest BCUT2D eigenvalue weighted by Gasteiger charge is 2.42. The summed E-state index contributed by atoms with van der Waals surface area (Å²) in [6.45, 7) is 6.69. The van der Waals surface area contributed by atoms with E-state index in [0.29, 0.717) is 5.56 Å². The molecule has 1 unspecified atom stereocenters. The predicted molar refractivity (Wildman–Crippen MR) is 107 cm³/mol. The van der Waals surface area contributed by atoms with Crippen molar-refractivity contribution in [1.29, 1.82) is 0 Å². The molecule has 1 aromatic carbocycles. The van der Waals surface area contributed by atoms with Gasteiger partial charge in [-0.1, -0.05) is 13.0 Å². The molecule has 3 heterocycles. The van der Waals surface area contributed by atoms with E-state index < -0.39 is 0 Å². The maximum Gasteiger partial charge on any atom is 0.253 e. The van der Waals surface area contributed by atoms with Gasteiger partial charge in [-0.05, 0) is 68.1 Å². The first-order chi connectivity index (χ1) is 13.6. The highest BCUT2D eigenvalue weighted by Crippen LogP contribution is 2.39. The van der Waals surface area contributed by atoms with Crippen LogP contribution >= 0.6 is 0 Å². The second-order valence-electron chi connectivity index (χ2n) is 8.31. The molecule has 2 aliphatic heterocycles. The first-order valence-corrected chi connectivity index (χ1v) is 10.3. The average Bonchev–Trinajstić information content (AvgIpc) is 3.12. The standard InChI is InChI=1S/C23H28FN3O/c1-2-18-4-9-21(25-14-18)15-26-12-3-10-23(16-26)11-13-27(17-23)22(28)19-5-7-20(24)8-6-19/h4-9,14H,2-3,10-13,15-17H2,1H3. The summed E-state index contributed by atoms with van der Waals surface area (Å²) in [5.41, 5.74) is 3.14. The van der Waals surface area contributed by atoms with Gasteiger partial charge >= 0.3 is 0 Å². The molecule has 2 fully saturated rings. The Morgan fingerprint density at radius 1 is 1.11 bits per heavy atom. The number of pyridine rings is 1. The molecule has 1 atom stereocenters. The first kappa shape index (κ1) is 19.1. The minimum Gasteiger partial charge on any atom is -0.338 e. The molecule has 0 radical (unpaired) electrons. The van der Waals surface area contributed by atoms with E-state index >= 15 is 0 Å². The molecule has 4 nitrogen and oxygen atoms in total. The van der Waals surface area contributed by atoms with Gasteiger partial charge in [0.1, 0.15) is 5.82 Å². The van der Waals surface area contributed by atoms with Crippen LogP contribution in [0.1, 0.15) is 47.8 Å². The van der Waals surface area contributed by atoms with Crippen molar-refractivity contribution in [2.24, 2.45) is 5.41 Å². The zero-order valence-electron chi connectivity index (χ0n) is 16.5. The van der Waals surface area contributed by atoms with Crippen molar-refractivity contribution in [2.45, 2.75) is 39.2 Å². The fourth-order valence-corrected chi connectivity index (χ4v) is 4.65. The molecule has 1 amide bonds. The number of aryl methyl sites for hydroxylation is 1. The molecule has 5 heteroatoms. The van der Waals surface area contributed by atoms with Crippen molar-refractivity contribution in [3.63, 3.8) is 0 Å². The van der Waals surface area contributed by atoms with Gasteiger partial charge in [0.05, 0.1) is 5.69 Å². The Bertz CT molecular complexity index is 821. The van der Waals surface area contributed by atoms with Gasteiger partial charge in [-0.2, -0.15) is 0 Å². The number of carbonyl (C=O) groups excluding carboxylic acids is 1. The quantitative estimate of drug-likeness (QED) is 0.806. The van der Waals surface area contributed by atoms with Gasteiger partial charge in [-0.15, -0.1) is 0 Å². The number of piperidine rings is 1. The maximum atomic E-state index is 13.1. The minimum absolute atomic E-state index is 0.0193. The van der Waals surface area contributed by atoms with E-state index in [1.165, 1.54) is 24.1 Å². The number of aromatic nitrogens is 1. The van der Waals surface area contributed by atoms with Crippen LogP contribution in [0.4, 0.5) is 4.39 Å². The smallest absolute Gasteiger partial charge is 0.253 e. The van der Waals surface area contributed by atoms with Gasteiger partial charge in [-0.25, -0.2) is 4.39 Å². The summed E-state index contributed by atoms with van der Waals surface area (Å²) in [4.78, 5) is 21.8. The van der Waals surface area contributed by atoms with Crippen LogP contribution in [0.2, 0.25) is 0 Å². The molecule has 2 aliphatic rings. The molecular formula is C23H28FN3O. The Labute approximate surface area is 166 Å². The number of benzene rings is 1. The lowest BCUT2D eigenvalue weighted by Crippen LogP contribution is -2.45. The average molecular weight is 381 g/mol. The summed E-state index contributed by atoms with van der Waals surface area (Å²) in [5, 5.41) is 0. The van der Waals surface area contributed by atoms with E-state index in [2.05, 4.69) is 28.9 Å². The summed E-state index contributed by atoms with van der Waals surface area (Å²) in [7, 11) is 0. The van der Waals surface area contributed by atoms with E-state index in [-0.39, 0.29) is 17.1 Å². The summed E-state index contributed by atoms with van der Waals surface area (Å²) in [6, 6.07) is 10.2. The number of rotatable bonds is 4. The number of likely N-dealkylation sites (tertiary alicyclic amines) is 2. The Balaban J connectivity index is 1.39. The molecule has 2 aromatic rings. The zero-order chi connectivity index (χ0) is 19.6. The third-order valence-corrected chi connectivity index (χ3v) is 6.24. The summed E-state index contributed by atoms with van der Waals surface area (Å²) >= 11 is 0. The van der Waals surface area contributed by atoms with Crippen molar-refractivity contribution in [2.75, 3.05) is 26.2 Å². The highest BCUT2D eigenvalue weighted by molar-refractivity contribution is 5.94. The van der Waals surface area contributed by atoms with Crippen LogP contribution in [0.5, 0.6) is 0 Å². The Hall–Kier alpha value is -2.27. The van der Waals surface area contributed by atoms with Gasteiger partial charge in [0.2, 0.25) is 0 Å². The molecule has 4 rings (SSSR count). The monoisotopic (exact) mass is 381 g/mol. The van der Waals surface area contributed by atoms with E-state index in [0.717, 1.165) is 57.7 Å². The fourth-order valence-electron chi connectivity index (χ4n) is 4.65. The van der Waals surface area contributed by atoms with Crippen LogP contribution in [0, 0.1) is 11.2 Å². The van der Waals surface area contributed by atoms with E-state index in [4.69, 9.17) is 0 Å². The molecule has 1 spiro atoms. The Kier molecular flexibility index (Phi) is 5.44. The van der Waals surface area contributed by atoms with Gasteiger partial charge in [-0.3, -0.25) is 14.7 Å². The van der Waals surface area contributed by atoms with Crippen molar-refractivity contribution >= 4 is 5.91 Å². The first-order valence-electron chi connectivity index (χ1n) is 10.3. The molecule has 1 aromatic heterocycles. The Morgan fingerprint density at radius 3 is 2.64 bits per heavy atom. The molecule has 0 aliphatic carbocycles. The van der Waals surface area contributed by atoms with Crippen LogP contribution in [-0.4, -0.2) is 46.9 Å². The summed E-state index contributed by atoms with van der Waals surface area (Å²) < 4.78 is 13.1. The third-order valence-electron chi connectivity index (χ3n) is 6.24. The molecule has 2 saturated heterocycles. The van der Waals surface area contributed by atoms with Crippen LogP contribution < -0.4 is 0 Å². The largest absolute Gasteiger partial charge is 0.338 e. The lowest BCUT2D eigenvalue weighted by atomic mass is 9.79. The van der Waals surface area contributed by atoms with Gasteiger partial charge < -0.3 is 4.90 Å². The van der Waals surface area contributed by atoms with Crippen molar-refractivity contribution in [3.8, 4) is 0 Å². The topological polar surface area (TPSA) is 36.4 Å². The lowest BCUT2D eigenvalue weighted by molar-refractivity contribution is 0.0672. The molecule has 28 heavy (non-hydrogen) atoms. The number of carbonyl (C=O) groups is 1. The Morgan fingerprint density at radius 2 is 1.93 bits per heavy atom. The molecule has 0 saturated carbocycles. The number of nitrogens with zero attached hydrogens (tertiary/aromatic N) is 3. The van der Waals surface area contributed by atoms with Crippen molar-refractivity contribution in [1.82, 2.24) is 14.8 Å². The van der Waals surface area contributed by atoms with E-state index in [1.54, 1.807) is 12.1 Å². The normalized spacial score (nSPS) is 22.7. The van der Waals surface area contributed by atoms with Crippen LogP contribution in [0.15, 0.2) is 42.6 Å². The molecule has 0 bridgehead atoms. The minimum atomic E-state index is -0.307. The van der Waals surface area contributed by atoms with E-state index in [9.17, 15) is 9.18 Å². The number of halogens is 1. The molecule has 148 valence electrons. The number of amides is 1. The second kappa shape index (κ2) is 8.00. The number of hydrogen-bond acceptors (Lipinski definition) is 3. The highest BCUT2D eigenvalue weighted by atomic mass is 19.1. The van der Waals surface area contributed by atoms with Gasteiger partial charge in [0.15, 0.2) is 0 Å². The fraction of sp³-hybridized carbons (Fsp3) is 0.478. The lowest BCUT2D eigenvalue weighted by Gasteiger charge is -2.40. The zero-order valence-corrected chi connectivity index (χ0v) is 16.5. The van der Waals surface area contributed by atoms with Gasteiger partial charge in [0.25, 0.3) is 5.91 Å². The summed E-state index contributed by atoms with van der Waals surface area (Å²) in [6.07, 6.45) is 6.36. The summed E-state index contributed by atoms with van der Waals surface area (Å²) in [5.74, 6) is -0.288. The van der Waals surface area contributed by atoms with Crippen LogP contribution in [-0.2, 0) is 13.0 Å². The molecule has 0 N–H and O–H groups in total. The van der Waals surface area contributed by atoms with Crippen molar-refractivity contribution < 1.29 is 9.18 Å². The van der Waals surface area contributed by atoms with Crippen LogP contribution in [0.25, 0.3) is 0 Å². The van der Waals surface area contributed by atoms with Gasteiger partial charge in [0, 0.05) is 43.4 Å². The number of hydrogen-bond donors (Lipinski definition) is 0. The van der Waals surface area contributed by atoms with E-state index in [1.807, 2.05) is 11.1 Å².